The van der Waals surface area contributed by atoms with Gasteiger partial charge in [-0.1, -0.05) is 24.3 Å². The zero-order valence-electron chi connectivity index (χ0n) is 14.8. The number of hydrogen-bond acceptors (Lipinski definition) is 4. The van der Waals surface area contributed by atoms with Crippen molar-refractivity contribution in [2.45, 2.75) is 25.6 Å². The van der Waals surface area contributed by atoms with Gasteiger partial charge in [0.1, 0.15) is 11.9 Å². The second kappa shape index (κ2) is 7.06. The molecule has 0 aromatic heterocycles. The average Bonchev–Trinajstić information content (AvgIpc) is 3.02. The first-order chi connectivity index (χ1) is 12.2. The summed E-state index contributed by atoms with van der Waals surface area (Å²) in [6.07, 6.45) is 0.740. The summed E-state index contributed by atoms with van der Waals surface area (Å²) in [6, 6.07) is 16.7. The van der Waals surface area contributed by atoms with E-state index in [2.05, 4.69) is 53.1 Å². The van der Waals surface area contributed by atoms with E-state index in [-0.39, 0.29) is 6.10 Å². The maximum Gasteiger partial charge on any atom is 0.123 e. The van der Waals surface area contributed by atoms with Gasteiger partial charge in [0.15, 0.2) is 0 Å². The average molecular weight is 338 g/mol. The molecule has 0 unspecified atom stereocenters. The van der Waals surface area contributed by atoms with E-state index < -0.39 is 6.10 Å². The molecular formula is C21H26N2O2. The van der Waals surface area contributed by atoms with Crippen molar-refractivity contribution in [1.29, 1.82) is 0 Å². The van der Waals surface area contributed by atoms with Crippen LogP contribution in [0.3, 0.4) is 0 Å². The lowest BCUT2D eigenvalue weighted by molar-refractivity contribution is 0.109. The van der Waals surface area contributed by atoms with Crippen LogP contribution < -0.4 is 9.64 Å². The van der Waals surface area contributed by atoms with Crippen molar-refractivity contribution >= 4 is 5.69 Å². The van der Waals surface area contributed by atoms with Gasteiger partial charge in [-0.05, 0) is 42.3 Å². The monoisotopic (exact) mass is 338 g/mol. The lowest BCUT2D eigenvalue weighted by Gasteiger charge is -2.37. The van der Waals surface area contributed by atoms with Crippen LogP contribution in [0.15, 0.2) is 48.5 Å². The van der Waals surface area contributed by atoms with Gasteiger partial charge < -0.3 is 14.7 Å². The van der Waals surface area contributed by atoms with Crippen molar-refractivity contribution in [2.24, 2.45) is 0 Å². The summed E-state index contributed by atoms with van der Waals surface area (Å²) in [5.41, 5.74) is 3.51. The highest BCUT2D eigenvalue weighted by molar-refractivity contribution is 5.46. The number of ether oxygens (including phenoxy) is 1. The highest BCUT2D eigenvalue weighted by atomic mass is 16.5. The molecule has 2 heterocycles. The van der Waals surface area contributed by atoms with Gasteiger partial charge in [0.25, 0.3) is 0 Å². The topological polar surface area (TPSA) is 35.9 Å². The van der Waals surface area contributed by atoms with Crippen LogP contribution in [0.4, 0.5) is 5.69 Å². The lowest BCUT2D eigenvalue weighted by atomic mass is 10.0. The van der Waals surface area contributed by atoms with Gasteiger partial charge in [-0.3, -0.25) is 4.90 Å². The SMILES string of the molecule is C[C@H]1Cc2cc([C@@H](O)CN3CCN(c4ccccc4)CC3)ccc2O1. The number of hydrogen-bond donors (Lipinski definition) is 1. The molecule has 1 N–H and O–H groups in total. The molecule has 0 saturated carbocycles. The number of piperazine rings is 1. The fraction of sp³-hybridized carbons (Fsp3) is 0.429. The number of fused-ring (bicyclic) bond motifs is 1. The van der Waals surface area contributed by atoms with E-state index in [1.54, 1.807) is 0 Å². The van der Waals surface area contributed by atoms with Crippen molar-refractivity contribution in [3.05, 3.63) is 59.7 Å². The molecule has 4 heteroatoms. The van der Waals surface area contributed by atoms with E-state index in [1.807, 2.05) is 12.1 Å². The second-order valence-electron chi connectivity index (χ2n) is 7.14. The molecule has 2 aliphatic rings. The Labute approximate surface area is 149 Å². The molecule has 0 amide bonds. The van der Waals surface area contributed by atoms with Gasteiger partial charge >= 0.3 is 0 Å². The van der Waals surface area contributed by atoms with Crippen LogP contribution in [0.5, 0.6) is 5.75 Å². The van der Waals surface area contributed by atoms with Crippen molar-refractivity contribution in [3.63, 3.8) is 0 Å². The van der Waals surface area contributed by atoms with Crippen molar-refractivity contribution in [3.8, 4) is 5.75 Å². The predicted molar refractivity (Wildman–Crippen MR) is 100 cm³/mol. The third-order valence-electron chi connectivity index (χ3n) is 5.23. The molecule has 1 saturated heterocycles. The smallest absolute Gasteiger partial charge is 0.123 e. The van der Waals surface area contributed by atoms with E-state index in [1.165, 1.54) is 11.3 Å². The van der Waals surface area contributed by atoms with Gasteiger partial charge in [0.2, 0.25) is 0 Å². The van der Waals surface area contributed by atoms with Gasteiger partial charge in [0.05, 0.1) is 6.10 Å². The quantitative estimate of drug-likeness (QED) is 0.930. The highest BCUT2D eigenvalue weighted by Gasteiger charge is 2.23. The molecule has 0 radical (unpaired) electrons. The van der Waals surface area contributed by atoms with Crippen LogP contribution in [-0.2, 0) is 6.42 Å². The molecule has 0 spiro atoms. The van der Waals surface area contributed by atoms with Crippen LogP contribution >= 0.6 is 0 Å². The fourth-order valence-electron chi connectivity index (χ4n) is 3.83. The van der Waals surface area contributed by atoms with Crippen LogP contribution in [0.25, 0.3) is 0 Å². The van der Waals surface area contributed by atoms with Crippen molar-refractivity contribution in [2.75, 3.05) is 37.6 Å². The summed E-state index contributed by atoms with van der Waals surface area (Å²) >= 11 is 0. The largest absolute Gasteiger partial charge is 0.490 e. The number of para-hydroxylation sites is 1. The molecule has 25 heavy (non-hydrogen) atoms. The Morgan fingerprint density at radius 2 is 1.84 bits per heavy atom. The lowest BCUT2D eigenvalue weighted by Crippen LogP contribution is -2.47. The highest BCUT2D eigenvalue weighted by Crippen LogP contribution is 2.31. The minimum Gasteiger partial charge on any atom is -0.490 e. The van der Waals surface area contributed by atoms with Crippen LogP contribution in [0.2, 0.25) is 0 Å². The number of nitrogens with zero attached hydrogens (tertiary/aromatic N) is 2. The third kappa shape index (κ3) is 3.65. The molecule has 132 valence electrons. The molecule has 4 rings (SSSR count). The number of aliphatic hydroxyl groups excluding tert-OH is 1. The van der Waals surface area contributed by atoms with Crippen molar-refractivity contribution in [1.82, 2.24) is 4.90 Å². The van der Waals surface area contributed by atoms with E-state index in [9.17, 15) is 5.11 Å². The number of anilines is 1. The maximum absolute atomic E-state index is 10.7. The second-order valence-corrected chi connectivity index (χ2v) is 7.14. The summed E-state index contributed by atoms with van der Waals surface area (Å²) in [5.74, 6) is 0.972. The number of aliphatic hydroxyl groups is 1. The molecule has 2 aromatic carbocycles. The number of benzene rings is 2. The third-order valence-corrected chi connectivity index (χ3v) is 5.23. The molecule has 2 aliphatic heterocycles. The Morgan fingerprint density at radius 3 is 2.60 bits per heavy atom. The minimum absolute atomic E-state index is 0.244. The molecule has 2 aromatic rings. The first kappa shape index (κ1) is 16.4. The standard InChI is InChI=1S/C21H26N2O2/c1-16-13-18-14-17(7-8-21(18)25-16)20(24)15-22-9-11-23(12-10-22)19-5-3-2-4-6-19/h2-8,14,16,20,24H,9-13,15H2,1H3/t16-,20-/m0/s1. The van der Waals surface area contributed by atoms with Crippen LogP contribution in [-0.4, -0.2) is 48.8 Å². The first-order valence-corrected chi connectivity index (χ1v) is 9.19. The molecule has 4 nitrogen and oxygen atoms in total. The van der Waals surface area contributed by atoms with E-state index in [0.717, 1.165) is 43.9 Å². The van der Waals surface area contributed by atoms with Gasteiger partial charge in [-0.2, -0.15) is 0 Å². The Balaban J connectivity index is 1.33. The molecule has 0 aliphatic carbocycles. The van der Waals surface area contributed by atoms with E-state index in [0.29, 0.717) is 6.54 Å². The van der Waals surface area contributed by atoms with Gasteiger partial charge in [-0.25, -0.2) is 0 Å². The van der Waals surface area contributed by atoms with Crippen LogP contribution in [0, 0.1) is 0 Å². The summed E-state index contributed by atoms with van der Waals surface area (Å²) in [4.78, 5) is 4.77. The van der Waals surface area contributed by atoms with Gasteiger partial charge in [0, 0.05) is 44.8 Å². The normalized spacial score (nSPS) is 21.7. The maximum atomic E-state index is 10.7. The predicted octanol–water partition coefficient (Wildman–Crippen LogP) is 2.87. The zero-order valence-corrected chi connectivity index (χ0v) is 14.8. The van der Waals surface area contributed by atoms with Gasteiger partial charge in [-0.15, -0.1) is 0 Å². The zero-order chi connectivity index (χ0) is 17.2. The Hall–Kier alpha value is -2.04. The van der Waals surface area contributed by atoms with E-state index >= 15 is 0 Å². The Morgan fingerprint density at radius 1 is 1.08 bits per heavy atom. The minimum atomic E-state index is -0.440. The summed E-state index contributed by atoms with van der Waals surface area (Å²) in [6.45, 7) is 6.76. The summed E-state index contributed by atoms with van der Waals surface area (Å²) in [5, 5.41) is 10.7. The number of β-amino-alcohol motifs (C(OH)–C–C–N with tert-alkyl or cyclic N) is 1. The number of rotatable bonds is 4. The van der Waals surface area contributed by atoms with Crippen molar-refractivity contribution < 1.29 is 9.84 Å². The molecule has 0 bridgehead atoms. The first-order valence-electron chi connectivity index (χ1n) is 9.19. The van der Waals surface area contributed by atoms with Crippen LogP contribution in [0.1, 0.15) is 24.2 Å². The molecule has 1 fully saturated rings. The fourth-order valence-corrected chi connectivity index (χ4v) is 3.83. The summed E-state index contributed by atoms with van der Waals surface area (Å²) in [7, 11) is 0. The molecule has 2 atom stereocenters. The Kier molecular flexibility index (Phi) is 4.64. The molecular weight excluding hydrogens is 312 g/mol. The summed E-state index contributed by atoms with van der Waals surface area (Å²) < 4.78 is 5.75. The Bertz CT molecular complexity index is 711. The van der Waals surface area contributed by atoms with E-state index in [4.69, 9.17) is 4.74 Å².